The number of para-hydroxylation sites is 1. The monoisotopic (exact) mass is 255 g/mol. The van der Waals surface area contributed by atoms with Crippen molar-refractivity contribution in [2.45, 2.75) is 25.6 Å². The highest BCUT2D eigenvalue weighted by molar-refractivity contribution is 5.67. The van der Waals surface area contributed by atoms with E-state index in [1.54, 1.807) is 0 Å². The van der Waals surface area contributed by atoms with Gasteiger partial charge in [-0.1, -0.05) is 12.1 Å². The molecule has 3 N–H and O–H groups in total. The lowest BCUT2D eigenvalue weighted by Gasteiger charge is -2.17. The molecule has 0 fully saturated rings. The molecule has 0 aromatic heterocycles. The first-order valence-corrected chi connectivity index (χ1v) is 5.16. The van der Waals surface area contributed by atoms with Crippen molar-refractivity contribution in [3.8, 4) is 0 Å². The molecule has 98 valence electrons. The summed E-state index contributed by atoms with van der Waals surface area (Å²) in [5.74, 6) is -1.29. The number of aliphatic carboxylic acids is 1. The van der Waals surface area contributed by atoms with E-state index in [2.05, 4.69) is 0 Å². The Bertz CT molecular complexity index is 473. The van der Waals surface area contributed by atoms with Crippen LogP contribution in [0.5, 0.6) is 0 Å². The number of hydrogen-bond acceptors (Lipinski definition) is 5. The third-order valence-electron chi connectivity index (χ3n) is 2.52. The fourth-order valence-corrected chi connectivity index (χ4v) is 1.67. The number of nitro groups is 1. The number of nitrogens with zero attached hydrogens (tertiary/aromatic N) is 1. The molecule has 0 aliphatic heterocycles. The van der Waals surface area contributed by atoms with Gasteiger partial charge >= 0.3 is 5.97 Å². The second-order valence-electron chi connectivity index (χ2n) is 3.88. The molecular formula is C11H13NO6. The van der Waals surface area contributed by atoms with E-state index in [0.717, 1.165) is 0 Å². The zero-order valence-corrected chi connectivity index (χ0v) is 9.61. The third kappa shape index (κ3) is 3.02. The van der Waals surface area contributed by atoms with Gasteiger partial charge in [0.05, 0.1) is 23.0 Å². The topological polar surface area (TPSA) is 121 Å². The van der Waals surface area contributed by atoms with E-state index < -0.39 is 29.5 Å². The molecule has 0 amide bonds. The summed E-state index contributed by atoms with van der Waals surface area (Å²) in [4.78, 5) is 20.6. The quantitative estimate of drug-likeness (QED) is 0.528. The molecule has 0 heterocycles. The van der Waals surface area contributed by atoms with Gasteiger partial charge in [-0.3, -0.25) is 14.9 Å². The second kappa shape index (κ2) is 5.56. The van der Waals surface area contributed by atoms with Crippen molar-refractivity contribution in [3.05, 3.63) is 39.4 Å². The molecule has 0 spiro atoms. The van der Waals surface area contributed by atoms with Gasteiger partial charge in [0.25, 0.3) is 5.69 Å². The Morgan fingerprint density at radius 2 is 2.06 bits per heavy atom. The van der Waals surface area contributed by atoms with Gasteiger partial charge in [-0.2, -0.15) is 0 Å². The Labute approximate surface area is 102 Å². The van der Waals surface area contributed by atoms with Crippen molar-refractivity contribution in [2.24, 2.45) is 0 Å². The van der Waals surface area contributed by atoms with Crippen LogP contribution in [0.3, 0.4) is 0 Å². The number of aliphatic hydroxyl groups excluding tert-OH is 2. The molecule has 2 atom stereocenters. The molecule has 1 aromatic carbocycles. The summed E-state index contributed by atoms with van der Waals surface area (Å²) in [5, 5.41) is 38.7. The van der Waals surface area contributed by atoms with E-state index in [9.17, 15) is 25.1 Å². The van der Waals surface area contributed by atoms with Crippen LogP contribution in [0.2, 0.25) is 0 Å². The summed E-state index contributed by atoms with van der Waals surface area (Å²) in [5.41, 5.74) is -0.0673. The van der Waals surface area contributed by atoms with E-state index in [0.29, 0.717) is 5.56 Å². The predicted molar refractivity (Wildman–Crippen MR) is 61.1 cm³/mol. The maximum absolute atomic E-state index is 10.9. The van der Waals surface area contributed by atoms with Crippen LogP contribution in [0.25, 0.3) is 0 Å². The van der Waals surface area contributed by atoms with Crippen LogP contribution >= 0.6 is 0 Å². The van der Waals surface area contributed by atoms with Gasteiger partial charge in [-0.05, 0) is 13.0 Å². The molecule has 18 heavy (non-hydrogen) atoms. The Kier molecular flexibility index (Phi) is 4.35. The van der Waals surface area contributed by atoms with Gasteiger partial charge < -0.3 is 15.3 Å². The highest BCUT2D eigenvalue weighted by Gasteiger charge is 2.28. The van der Waals surface area contributed by atoms with Crippen molar-refractivity contribution in [1.82, 2.24) is 0 Å². The van der Waals surface area contributed by atoms with Crippen molar-refractivity contribution >= 4 is 11.7 Å². The van der Waals surface area contributed by atoms with Gasteiger partial charge in [0.1, 0.15) is 6.10 Å². The third-order valence-corrected chi connectivity index (χ3v) is 2.52. The number of rotatable bonds is 5. The molecule has 0 saturated heterocycles. The number of carboxylic acids is 1. The number of aliphatic hydroxyl groups is 2. The molecule has 7 heteroatoms. The van der Waals surface area contributed by atoms with Crippen LogP contribution in [0, 0.1) is 17.0 Å². The molecule has 0 bridgehead atoms. The molecule has 0 radical (unpaired) electrons. The Balaban J connectivity index is 3.12. The van der Waals surface area contributed by atoms with Crippen LogP contribution < -0.4 is 0 Å². The number of aryl methyl sites for hydroxylation is 1. The summed E-state index contributed by atoms with van der Waals surface area (Å²) in [6.45, 7) is 1.50. The van der Waals surface area contributed by atoms with E-state index in [-0.39, 0.29) is 11.3 Å². The Hall–Kier alpha value is -1.99. The number of hydrogen-bond donors (Lipinski definition) is 3. The van der Waals surface area contributed by atoms with E-state index >= 15 is 0 Å². The molecular weight excluding hydrogens is 242 g/mol. The fourth-order valence-electron chi connectivity index (χ4n) is 1.67. The van der Waals surface area contributed by atoms with Crippen molar-refractivity contribution in [2.75, 3.05) is 0 Å². The minimum absolute atomic E-state index is 0.0891. The van der Waals surface area contributed by atoms with Crippen molar-refractivity contribution < 1.29 is 25.0 Å². The van der Waals surface area contributed by atoms with Crippen LogP contribution in [-0.4, -0.2) is 32.3 Å². The zero-order valence-electron chi connectivity index (χ0n) is 9.61. The van der Waals surface area contributed by atoms with Crippen molar-refractivity contribution in [1.29, 1.82) is 0 Å². The lowest BCUT2D eigenvalue weighted by molar-refractivity contribution is -0.386. The molecule has 0 aliphatic rings. The summed E-state index contributed by atoms with van der Waals surface area (Å²) >= 11 is 0. The van der Waals surface area contributed by atoms with Gasteiger partial charge in [-0.15, -0.1) is 0 Å². The molecule has 1 aromatic rings. The normalized spacial score (nSPS) is 13.9. The van der Waals surface area contributed by atoms with E-state index in [4.69, 9.17) is 5.11 Å². The second-order valence-corrected chi connectivity index (χ2v) is 3.88. The van der Waals surface area contributed by atoms with Gasteiger partial charge in [0.2, 0.25) is 0 Å². The fraction of sp³-hybridized carbons (Fsp3) is 0.364. The smallest absolute Gasteiger partial charge is 0.306 e. The largest absolute Gasteiger partial charge is 0.481 e. The Morgan fingerprint density at radius 1 is 1.44 bits per heavy atom. The van der Waals surface area contributed by atoms with Gasteiger partial charge in [0.15, 0.2) is 0 Å². The first-order chi connectivity index (χ1) is 8.34. The maximum Gasteiger partial charge on any atom is 0.306 e. The Morgan fingerprint density at radius 3 is 2.56 bits per heavy atom. The number of carboxylic acid groups (broad SMARTS) is 1. The van der Waals surface area contributed by atoms with Gasteiger partial charge in [-0.25, -0.2) is 0 Å². The lowest BCUT2D eigenvalue weighted by atomic mass is 9.98. The molecule has 0 aliphatic carbocycles. The van der Waals surface area contributed by atoms with Crippen LogP contribution in [0.4, 0.5) is 5.69 Å². The number of carbonyl (C=O) groups is 1. The predicted octanol–water partition coefficient (Wildman–Crippen LogP) is 0.772. The minimum atomic E-state index is -1.61. The number of nitro benzene ring substituents is 1. The van der Waals surface area contributed by atoms with Crippen LogP contribution in [-0.2, 0) is 4.79 Å². The average molecular weight is 255 g/mol. The molecule has 1 rings (SSSR count). The average Bonchev–Trinajstić information content (AvgIpc) is 2.26. The lowest BCUT2D eigenvalue weighted by Crippen LogP contribution is -2.22. The first kappa shape index (κ1) is 14.1. The van der Waals surface area contributed by atoms with E-state index in [1.807, 2.05) is 0 Å². The molecule has 0 saturated carbocycles. The standard InChI is InChI=1S/C11H13NO6/c1-6-3-2-4-7(10(6)12(17)18)11(16)8(13)5-9(14)15/h2-4,8,11,13,16H,5H2,1H3,(H,14,15). The molecule has 2 unspecified atom stereocenters. The highest BCUT2D eigenvalue weighted by Crippen LogP contribution is 2.30. The van der Waals surface area contributed by atoms with Crippen molar-refractivity contribution in [3.63, 3.8) is 0 Å². The van der Waals surface area contributed by atoms with Crippen LogP contribution in [0.1, 0.15) is 23.7 Å². The number of benzene rings is 1. The SMILES string of the molecule is Cc1cccc(C(O)C(O)CC(=O)O)c1[N+](=O)[O-]. The molecule has 7 nitrogen and oxygen atoms in total. The first-order valence-electron chi connectivity index (χ1n) is 5.16. The minimum Gasteiger partial charge on any atom is -0.481 e. The summed E-state index contributed by atoms with van der Waals surface area (Å²) < 4.78 is 0. The maximum atomic E-state index is 10.9. The summed E-state index contributed by atoms with van der Waals surface area (Å²) in [6.07, 6.45) is -3.89. The van der Waals surface area contributed by atoms with Gasteiger partial charge in [0, 0.05) is 5.56 Å². The summed E-state index contributed by atoms with van der Waals surface area (Å²) in [7, 11) is 0. The van der Waals surface area contributed by atoms with E-state index in [1.165, 1.54) is 25.1 Å². The van der Waals surface area contributed by atoms with Crippen LogP contribution in [0.15, 0.2) is 18.2 Å². The zero-order chi connectivity index (χ0) is 13.9. The highest BCUT2D eigenvalue weighted by atomic mass is 16.6. The summed E-state index contributed by atoms with van der Waals surface area (Å²) in [6, 6.07) is 4.28.